The van der Waals surface area contributed by atoms with Crippen LogP contribution in [0.1, 0.15) is 10.4 Å². The molecule has 98 valence electrons. The van der Waals surface area contributed by atoms with Crippen LogP contribution >= 0.6 is 0 Å². The smallest absolute Gasteiger partial charge is 0.253 e. The maximum Gasteiger partial charge on any atom is 0.253 e. The molecule has 0 aliphatic heterocycles. The standard InChI is InChI=1S/C15H17N3O/c1-18(2)15(19)11-8-9-13(16)14(10-11)17-12-6-4-3-5-7-12/h3-10,17H,16H2,1-2H3. The quantitative estimate of drug-likeness (QED) is 0.829. The Morgan fingerprint density at radius 1 is 1.11 bits per heavy atom. The number of para-hydroxylation sites is 1. The lowest BCUT2D eigenvalue weighted by Crippen LogP contribution is -2.21. The number of carbonyl (C=O) groups excluding carboxylic acids is 1. The maximum atomic E-state index is 11.9. The molecule has 0 unspecified atom stereocenters. The van der Waals surface area contributed by atoms with Gasteiger partial charge in [0.1, 0.15) is 0 Å². The maximum absolute atomic E-state index is 11.9. The molecule has 3 N–H and O–H groups in total. The third-order valence-corrected chi connectivity index (χ3v) is 2.76. The van der Waals surface area contributed by atoms with E-state index in [1.807, 2.05) is 30.3 Å². The topological polar surface area (TPSA) is 58.4 Å². The fraction of sp³-hybridized carbons (Fsp3) is 0.133. The highest BCUT2D eigenvalue weighted by atomic mass is 16.2. The molecule has 19 heavy (non-hydrogen) atoms. The van der Waals surface area contributed by atoms with Gasteiger partial charge >= 0.3 is 0 Å². The van der Waals surface area contributed by atoms with Crippen molar-refractivity contribution in [2.75, 3.05) is 25.1 Å². The summed E-state index contributed by atoms with van der Waals surface area (Å²) in [5.41, 5.74) is 8.81. The van der Waals surface area contributed by atoms with Crippen molar-refractivity contribution in [2.24, 2.45) is 0 Å². The first-order chi connectivity index (χ1) is 9.08. The van der Waals surface area contributed by atoms with Crippen LogP contribution < -0.4 is 11.1 Å². The van der Waals surface area contributed by atoms with Crippen molar-refractivity contribution >= 4 is 23.0 Å². The summed E-state index contributed by atoms with van der Waals surface area (Å²) in [7, 11) is 3.45. The lowest BCUT2D eigenvalue weighted by atomic mass is 10.1. The molecule has 2 aromatic carbocycles. The molecular formula is C15H17N3O. The number of hydrogen-bond acceptors (Lipinski definition) is 3. The highest BCUT2D eigenvalue weighted by Crippen LogP contribution is 2.24. The highest BCUT2D eigenvalue weighted by molar-refractivity contribution is 5.96. The average molecular weight is 255 g/mol. The number of hydrogen-bond donors (Lipinski definition) is 2. The molecule has 4 heteroatoms. The van der Waals surface area contributed by atoms with Gasteiger partial charge in [-0.2, -0.15) is 0 Å². The van der Waals surface area contributed by atoms with Crippen molar-refractivity contribution < 1.29 is 4.79 Å². The molecule has 0 aliphatic carbocycles. The molecule has 0 aromatic heterocycles. The molecule has 0 heterocycles. The average Bonchev–Trinajstić information content (AvgIpc) is 2.41. The minimum Gasteiger partial charge on any atom is -0.397 e. The Balaban J connectivity index is 2.30. The number of nitrogens with one attached hydrogen (secondary N) is 1. The molecule has 0 saturated carbocycles. The van der Waals surface area contributed by atoms with Gasteiger partial charge in [0.05, 0.1) is 11.4 Å². The molecule has 0 bridgehead atoms. The Labute approximate surface area is 112 Å². The lowest BCUT2D eigenvalue weighted by molar-refractivity contribution is 0.0827. The van der Waals surface area contributed by atoms with Crippen LogP contribution in [-0.4, -0.2) is 24.9 Å². The van der Waals surface area contributed by atoms with Gasteiger partial charge in [-0.25, -0.2) is 0 Å². The summed E-state index contributed by atoms with van der Waals surface area (Å²) < 4.78 is 0. The van der Waals surface area contributed by atoms with Crippen LogP contribution in [0.15, 0.2) is 48.5 Å². The second-order valence-corrected chi connectivity index (χ2v) is 4.49. The summed E-state index contributed by atoms with van der Waals surface area (Å²) in [4.78, 5) is 13.5. The summed E-state index contributed by atoms with van der Waals surface area (Å²) in [6, 6.07) is 14.9. The third kappa shape index (κ3) is 3.04. The van der Waals surface area contributed by atoms with E-state index in [0.717, 1.165) is 11.4 Å². The Morgan fingerprint density at radius 3 is 2.42 bits per heavy atom. The predicted molar refractivity (Wildman–Crippen MR) is 78.6 cm³/mol. The lowest BCUT2D eigenvalue weighted by Gasteiger charge is -2.14. The van der Waals surface area contributed by atoms with Crippen molar-refractivity contribution in [3.63, 3.8) is 0 Å². The fourth-order valence-corrected chi connectivity index (χ4v) is 1.73. The molecular weight excluding hydrogens is 238 g/mol. The number of nitrogen functional groups attached to an aromatic ring is 1. The SMILES string of the molecule is CN(C)C(=O)c1ccc(N)c(Nc2ccccc2)c1. The number of nitrogens with two attached hydrogens (primary N) is 1. The fourth-order valence-electron chi connectivity index (χ4n) is 1.73. The number of rotatable bonds is 3. The van der Waals surface area contributed by atoms with Crippen molar-refractivity contribution in [1.29, 1.82) is 0 Å². The van der Waals surface area contributed by atoms with E-state index in [1.165, 1.54) is 4.90 Å². The largest absolute Gasteiger partial charge is 0.397 e. The van der Waals surface area contributed by atoms with E-state index in [9.17, 15) is 4.79 Å². The minimum absolute atomic E-state index is 0.0453. The first-order valence-electron chi connectivity index (χ1n) is 6.01. The summed E-state index contributed by atoms with van der Waals surface area (Å²) in [6.07, 6.45) is 0. The van der Waals surface area contributed by atoms with Gasteiger partial charge < -0.3 is 16.0 Å². The van der Waals surface area contributed by atoms with Crippen molar-refractivity contribution in [3.8, 4) is 0 Å². The van der Waals surface area contributed by atoms with Crippen LogP contribution in [0, 0.1) is 0 Å². The van der Waals surface area contributed by atoms with Gasteiger partial charge in [-0.3, -0.25) is 4.79 Å². The Morgan fingerprint density at radius 2 is 1.79 bits per heavy atom. The normalized spacial score (nSPS) is 10.0. The van der Waals surface area contributed by atoms with E-state index >= 15 is 0 Å². The first kappa shape index (κ1) is 13.0. The van der Waals surface area contributed by atoms with Crippen molar-refractivity contribution in [1.82, 2.24) is 4.90 Å². The summed E-state index contributed by atoms with van der Waals surface area (Å²) >= 11 is 0. The molecule has 0 atom stereocenters. The summed E-state index contributed by atoms with van der Waals surface area (Å²) in [5, 5.41) is 3.21. The van der Waals surface area contributed by atoms with Crippen LogP contribution in [0.25, 0.3) is 0 Å². The monoisotopic (exact) mass is 255 g/mol. The zero-order valence-corrected chi connectivity index (χ0v) is 11.1. The van der Waals surface area contributed by atoms with Crippen LogP contribution in [-0.2, 0) is 0 Å². The molecule has 0 fully saturated rings. The van der Waals surface area contributed by atoms with Crippen molar-refractivity contribution in [2.45, 2.75) is 0 Å². The highest BCUT2D eigenvalue weighted by Gasteiger charge is 2.10. The van der Waals surface area contributed by atoms with E-state index in [-0.39, 0.29) is 5.91 Å². The summed E-state index contributed by atoms with van der Waals surface area (Å²) in [5.74, 6) is -0.0453. The van der Waals surface area contributed by atoms with Crippen LogP contribution in [0.3, 0.4) is 0 Å². The zero-order valence-electron chi connectivity index (χ0n) is 11.1. The molecule has 2 aromatic rings. The number of benzene rings is 2. The molecule has 4 nitrogen and oxygen atoms in total. The number of amides is 1. The zero-order chi connectivity index (χ0) is 13.8. The van der Waals surface area contributed by atoms with Gasteiger partial charge in [0.15, 0.2) is 0 Å². The molecule has 2 rings (SSSR count). The van der Waals surface area contributed by atoms with E-state index in [0.29, 0.717) is 11.3 Å². The van der Waals surface area contributed by atoms with Gasteiger partial charge in [0.25, 0.3) is 5.91 Å². The second-order valence-electron chi connectivity index (χ2n) is 4.49. The van der Waals surface area contributed by atoms with Gasteiger partial charge in [-0.05, 0) is 30.3 Å². The van der Waals surface area contributed by atoms with Gasteiger partial charge in [0, 0.05) is 25.3 Å². The summed E-state index contributed by atoms with van der Waals surface area (Å²) in [6.45, 7) is 0. The number of carbonyl (C=O) groups is 1. The molecule has 0 saturated heterocycles. The number of anilines is 3. The van der Waals surface area contributed by atoms with E-state index in [1.54, 1.807) is 32.3 Å². The van der Waals surface area contributed by atoms with Crippen molar-refractivity contribution in [3.05, 3.63) is 54.1 Å². The molecule has 0 spiro atoms. The van der Waals surface area contributed by atoms with Crippen LogP contribution in [0.2, 0.25) is 0 Å². The molecule has 0 radical (unpaired) electrons. The molecule has 0 aliphatic rings. The van der Waals surface area contributed by atoms with E-state index in [4.69, 9.17) is 5.73 Å². The Kier molecular flexibility index (Phi) is 3.71. The minimum atomic E-state index is -0.0453. The second kappa shape index (κ2) is 5.44. The predicted octanol–water partition coefficient (Wildman–Crippen LogP) is 2.71. The van der Waals surface area contributed by atoms with Crippen LogP contribution in [0.4, 0.5) is 17.1 Å². The van der Waals surface area contributed by atoms with Gasteiger partial charge in [-0.1, -0.05) is 18.2 Å². The van der Waals surface area contributed by atoms with Gasteiger partial charge in [0.2, 0.25) is 0 Å². The Hall–Kier alpha value is -2.49. The van der Waals surface area contributed by atoms with E-state index in [2.05, 4.69) is 5.32 Å². The Bertz CT molecular complexity index is 579. The van der Waals surface area contributed by atoms with Crippen LogP contribution in [0.5, 0.6) is 0 Å². The van der Waals surface area contributed by atoms with E-state index < -0.39 is 0 Å². The molecule has 1 amide bonds. The van der Waals surface area contributed by atoms with Gasteiger partial charge in [-0.15, -0.1) is 0 Å². The third-order valence-electron chi connectivity index (χ3n) is 2.76. The first-order valence-corrected chi connectivity index (χ1v) is 6.01. The number of nitrogens with zero attached hydrogens (tertiary/aromatic N) is 1.